The summed E-state index contributed by atoms with van der Waals surface area (Å²) in [6.45, 7) is 3.36. The van der Waals surface area contributed by atoms with Crippen LogP contribution in [0.3, 0.4) is 0 Å². The van der Waals surface area contributed by atoms with E-state index in [1.165, 1.54) is 19.2 Å². The minimum Gasteiger partial charge on any atom is -0.494 e. The molecular formula is C19H15F4N3O2S. The molecule has 0 saturated carbocycles. The van der Waals surface area contributed by atoms with Crippen molar-refractivity contribution in [1.29, 1.82) is 0 Å². The molecule has 3 rings (SSSR count). The maximum absolute atomic E-state index is 14.2. The highest BCUT2D eigenvalue weighted by Crippen LogP contribution is 2.36. The zero-order chi connectivity index (χ0) is 21.3. The van der Waals surface area contributed by atoms with Crippen LogP contribution in [0.2, 0.25) is 0 Å². The van der Waals surface area contributed by atoms with Gasteiger partial charge in [-0.2, -0.15) is 26.8 Å². The zero-order valence-electron chi connectivity index (χ0n) is 15.5. The van der Waals surface area contributed by atoms with E-state index < -0.39 is 17.7 Å². The molecule has 0 atom stereocenters. The summed E-state index contributed by atoms with van der Waals surface area (Å²) in [6, 6.07) is 7.90. The highest BCUT2D eigenvalue weighted by atomic mass is 32.1. The van der Waals surface area contributed by atoms with E-state index in [1.807, 2.05) is 0 Å². The number of alkyl halides is 3. The predicted octanol–water partition coefficient (Wildman–Crippen LogP) is 5.35. The average Bonchev–Trinajstić information content (AvgIpc) is 3.10. The first-order valence-electron chi connectivity index (χ1n) is 8.29. The van der Waals surface area contributed by atoms with E-state index in [9.17, 15) is 21.8 Å². The van der Waals surface area contributed by atoms with Gasteiger partial charge in [-0.05, 0) is 49.7 Å². The summed E-state index contributed by atoms with van der Waals surface area (Å²) in [6.07, 6.45) is -4.69. The van der Waals surface area contributed by atoms with E-state index in [2.05, 4.69) is 9.46 Å². The SMILES string of the molecule is COc1ccc(-c2cc(C(F)(F)F)nn2-c2ccc(C)c(N=S=O)c2C)cc1F. The van der Waals surface area contributed by atoms with Crippen LogP contribution < -0.4 is 4.74 Å². The molecule has 0 spiro atoms. The van der Waals surface area contributed by atoms with Crippen molar-refractivity contribution in [1.82, 2.24) is 9.78 Å². The van der Waals surface area contributed by atoms with Gasteiger partial charge >= 0.3 is 6.18 Å². The minimum absolute atomic E-state index is 0.00489. The highest BCUT2D eigenvalue weighted by molar-refractivity contribution is 7.54. The Morgan fingerprint density at radius 1 is 1.14 bits per heavy atom. The third-order valence-corrected chi connectivity index (χ3v) is 4.67. The molecule has 2 aromatic carbocycles. The van der Waals surface area contributed by atoms with Crippen molar-refractivity contribution in [3.8, 4) is 22.7 Å². The molecule has 10 heteroatoms. The standard InChI is InChI=1S/C19H15F4N3O2S/c1-10-4-6-14(11(2)18(10)25-29-27)26-15(9-17(24-26)19(21,22)23)12-5-7-16(28-3)13(20)8-12/h4-9H,1-3H3. The normalized spacial score (nSPS) is 11.4. The van der Waals surface area contributed by atoms with Gasteiger partial charge in [-0.3, -0.25) is 0 Å². The molecule has 0 saturated heterocycles. The average molecular weight is 425 g/mol. The lowest BCUT2D eigenvalue weighted by molar-refractivity contribution is -0.141. The summed E-state index contributed by atoms with van der Waals surface area (Å²) in [5.41, 5.74) is 0.911. The second-order valence-corrected chi connectivity index (χ2v) is 6.55. The molecule has 1 heterocycles. The first kappa shape index (κ1) is 20.7. The van der Waals surface area contributed by atoms with Gasteiger partial charge in [-0.25, -0.2) is 9.07 Å². The fourth-order valence-electron chi connectivity index (χ4n) is 2.97. The number of ether oxygens (including phenoxy) is 1. The largest absolute Gasteiger partial charge is 0.494 e. The molecule has 0 N–H and O–H groups in total. The van der Waals surface area contributed by atoms with Crippen molar-refractivity contribution in [3.63, 3.8) is 0 Å². The highest BCUT2D eigenvalue weighted by Gasteiger charge is 2.35. The summed E-state index contributed by atoms with van der Waals surface area (Å²) in [5, 5.41) is 3.70. The Morgan fingerprint density at radius 3 is 2.45 bits per heavy atom. The fourth-order valence-corrected chi connectivity index (χ4v) is 3.32. The lowest BCUT2D eigenvalue weighted by atomic mass is 10.1. The number of aromatic nitrogens is 2. The molecule has 5 nitrogen and oxygen atoms in total. The van der Waals surface area contributed by atoms with Crippen LogP contribution in [0.25, 0.3) is 16.9 Å². The van der Waals surface area contributed by atoms with E-state index >= 15 is 0 Å². The Balaban J connectivity index is 2.30. The van der Waals surface area contributed by atoms with Crippen LogP contribution in [0, 0.1) is 19.7 Å². The Labute approximate surface area is 167 Å². The van der Waals surface area contributed by atoms with E-state index in [-0.39, 0.29) is 28.5 Å². The second kappa shape index (κ2) is 7.78. The summed E-state index contributed by atoms with van der Waals surface area (Å²) in [4.78, 5) is 0. The van der Waals surface area contributed by atoms with E-state index in [4.69, 9.17) is 4.74 Å². The zero-order valence-corrected chi connectivity index (χ0v) is 16.4. The van der Waals surface area contributed by atoms with Crippen molar-refractivity contribution < 1.29 is 26.5 Å². The van der Waals surface area contributed by atoms with E-state index in [0.717, 1.165) is 16.8 Å². The van der Waals surface area contributed by atoms with Crippen molar-refractivity contribution in [3.05, 3.63) is 59.0 Å². The van der Waals surface area contributed by atoms with Crippen LogP contribution in [0.4, 0.5) is 23.2 Å². The molecule has 0 unspecified atom stereocenters. The molecule has 29 heavy (non-hydrogen) atoms. The third-order valence-electron chi connectivity index (χ3n) is 4.41. The Kier molecular flexibility index (Phi) is 5.56. The van der Waals surface area contributed by atoms with E-state index in [1.54, 1.807) is 26.0 Å². The van der Waals surface area contributed by atoms with Crippen LogP contribution in [-0.2, 0) is 17.6 Å². The number of benzene rings is 2. The van der Waals surface area contributed by atoms with Gasteiger partial charge in [-0.1, -0.05) is 6.07 Å². The topological polar surface area (TPSA) is 56.5 Å². The molecule has 3 aromatic rings. The van der Waals surface area contributed by atoms with Gasteiger partial charge in [0.2, 0.25) is 11.5 Å². The van der Waals surface area contributed by atoms with Crippen LogP contribution in [-0.4, -0.2) is 21.1 Å². The number of methoxy groups -OCH3 is 1. The third kappa shape index (κ3) is 3.93. The quantitative estimate of drug-likeness (QED) is 0.530. The maximum Gasteiger partial charge on any atom is 0.435 e. The second-order valence-electron chi connectivity index (χ2n) is 6.21. The molecule has 152 valence electrons. The summed E-state index contributed by atoms with van der Waals surface area (Å²) < 4.78 is 74.9. The summed E-state index contributed by atoms with van der Waals surface area (Å²) in [5.74, 6) is -0.749. The Morgan fingerprint density at radius 2 is 1.86 bits per heavy atom. The number of rotatable bonds is 4. The van der Waals surface area contributed by atoms with Gasteiger partial charge in [0.1, 0.15) is 0 Å². The Bertz CT molecular complexity index is 1140. The molecule has 0 aliphatic heterocycles. The molecule has 0 amide bonds. The monoisotopic (exact) mass is 425 g/mol. The van der Waals surface area contributed by atoms with Gasteiger partial charge in [-0.15, -0.1) is 0 Å². The first-order valence-corrected chi connectivity index (χ1v) is 8.99. The smallest absolute Gasteiger partial charge is 0.435 e. The minimum atomic E-state index is -4.69. The molecular weight excluding hydrogens is 410 g/mol. The molecule has 0 bridgehead atoms. The summed E-state index contributed by atoms with van der Waals surface area (Å²) >= 11 is 0.00489. The van der Waals surface area contributed by atoms with Crippen LogP contribution >= 0.6 is 0 Å². The Hall–Kier alpha value is -3.01. The number of hydrogen-bond acceptors (Lipinski definition) is 4. The molecule has 0 aliphatic rings. The summed E-state index contributed by atoms with van der Waals surface area (Å²) in [7, 11) is 1.29. The first-order chi connectivity index (χ1) is 13.7. The molecule has 0 fully saturated rings. The number of hydrogen-bond donors (Lipinski definition) is 0. The van der Waals surface area contributed by atoms with Crippen molar-refractivity contribution in [2.45, 2.75) is 20.0 Å². The van der Waals surface area contributed by atoms with Crippen LogP contribution in [0.5, 0.6) is 5.75 Å². The molecule has 0 aliphatic carbocycles. The van der Waals surface area contributed by atoms with Crippen molar-refractivity contribution in [2.75, 3.05) is 7.11 Å². The van der Waals surface area contributed by atoms with Gasteiger partial charge in [0.15, 0.2) is 17.3 Å². The number of aryl methyl sites for hydroxylation is 1. The molecule has 1 aromatic heterocycles. The van der Waals surface area contributed by atoms with Gasteiger partial charge in [0, 0.05) is 11.1 Å². The van der Waals surface area contributed by atoms with Crippen molar-refractivity contribution >= 4 is 17.2 Å². The lowest BCUT2D eigenvalue weighted by Gasteiger charge is -2.14. The van der Waals surface area contributed by atoms with Crippen molar-refractivity contribution in [2.24, 2.45) is 4.36 Å². The maximum atomic E-state index is 14.2. The number of nitrogens with zero attached hydrogens (tertiary/aromatic N) is 3. The van der Waals surface area contributed by atoms with Gasteiger partial charge in [0.25, 0.3) is 0 Å². The van der Waals surface area contributed by atoms with Crippen LogP contribution in [0.15, 0.2) is 40.8 Å². The fraction of sp³-hybridized carbons (Fsp3) is 0.211. The number of halogens is 4. The van der Waals surface area contributed by atoms with Gasteiger partial charge in [0.05, 0.1) is 24.2 Å². The van der Waals surface area contributed by atoms with Crippen LogP contribution in [0.1, 0.15) is 16.8 Å². The van der Waals surface area contributed by atoms with Gasteiger partial charge < -0.3 is 4.74 Å². The van der Waals surface area contributed by atoms with E-state index in [0.29, 0.717) is 22.5 Å². The molecule has 0 radical (unpaired) electrons. The predicted molar refractivity (Wildman–Crippen MR) is 100 cm³/mol. The lowest BCUT2D eigenvalue weighted by Crippen LogP contribution is -2.08.